The number of nitrogens with one attached hydrogen (secondary N) is 1. The largest absolute Gasteiger partial charge is 0.368 e. The summed E-state index contributed by atoms with van der Waals surface area (Å²) < 4.78 is 5.38. The van der Waals surface area contributed by atoms with E-state index >= 15 is 0 Å². The lowest BCUT2D eigenvalue weighted by Crippen LogP contribution is -2.26. The van der Waals surface area contributed by atoms with E-state index in [0.29, 0.717) is 6.61 Å². The predicted octanol–water partition coefficient (Wildman–Crippen LogP) is 3.24. The molecule has 5 heteroatoms. The van der Waals surface area contributed by atoms with Gasteiger partial charge in [-0.3, -0.25) is 4.79 Å². The van der Waals surface area contributed by atoms with Gasteiger partial charge in [-0.15, -0.1) is 11.3 Å². The van der Waals surface area contributed by atoms with Gasteiger partial charge in [-0.05, 0) is 31.9 Å². The molecule has 1 aliphatic heterocycles. The van der Waals surface area contributed by atoms with Crippen LogP contribution in [0.5, 0.6) is 0 Å². The lowest BCUT2D eigenvalue weighted by Gasteiger charge is -2.11. The van der Waals surface area contributed by atoms with Crippen LogP contribution in [0.25, 0.3) is 11.3 Å². The van der Waals surface area contributed by atoms with Crippen LogP contribution in [0.3, 0.4) is 0 Å². The van der Waals surface area contributed by atoms with Gasteiger partial charge >= 0.3 is 0 Å². The van der Waals surface area contributed by atoms with E-state index in [-0.39, 0.29) is 12.0 Å². The minimum absolute atomic E-state index is 0.0610. The number of carbonyl (C=O) groups excluding carboxylic acids is 1. The smallest absolute Gasteiger partial charge is 0.253 e. The van der Waals surface area contributed by atoms with Gasteiger partial charge in [-0.1, -0.05) is 12.1 Å². The molecule has 1 aliphatic rings. The molecule has 0 radical (unpaired) electrons. The highest BCUT2D eigenvalue weighted by atomic mass is 32.1. The Morgan fingerprint density at radius 1 is 1.50 bits per heavy atom. The highest BCUT2D eigenvalue weighted by molar-refractivity contribution is 7.09. The monoisotopic (exact) mass is 288 g/mol. The second-order valence-corrected chi connectivity index (χ2v) is 5.89. The van der Waals surface area contributed by atoms with E-state index in [1.807, 2.05) is 36.6 Å². The Labute approximate surface area is 121 Å². The summed E-state index contributed by atoms with van der Waals surface area (Å²) in [6, 6.07) is 7.75. The first-order valence-corrected chi connectivity index (χ1v) is 7.55. The number of aromatic nitrogens is 1. The highest BCUT2D eigenvalue weighted by Gasteiger charge is 2.23. The quantitative estimate of drug-likeness (QED) is 0.943. The molecule has 1 N–H and O–H groups in total. The molecule has 20 heavy (non-hydrogen) atoms. The molecule has 1 unspecified atom stereocenters. The molecular weight excluding hydrogens is 272 g/mol. The van der Waals surface area contributed by atoms with Crippen LogP contribution in [0.4, 0.5) is 5.69 Å². The molecule has 1 aromatic carbocycles. The topological polar surface area (TPSA) is 51.2 Å². The average molecular weight is 288 g/mol. The highest BCUT2D eigenvalue weighted by Crippen LogP contribution is 2.24. The number of amides is 1. The molecule has 1 saturated heterocycles. The van der Waals surface area contributed by atoms with Crippen LogP contribution < -0.4 is 5.32 Å². The molecular formula is C15H16N2O2S. The number of ether oxygens (including phenoxy) is 1. The van der Waals surface area contributed by atoms with Gasteiger partial charge in [0.05, 0.1) is 10.7 Å². The van der Waals surface area contributed by atoms with Crippen molar-refractivity contribution < 1.29 is 9.53 Å². The Bertz CT molecular complexity index is 618. The third-order valence-corrected chi connectivity index (χ3v) is 4.04. The van der Waals surface area contributed by atoms with Crippen LogP contribution >= 0.6 is 11.3 Å². The fraction of sp³-hybridized carbons (Fsp3) is 0.333. The Morgan fingerprint density at radius 2 is 2.40 bits per heavy atom. The Morgan fingerprint density at radius 3 is 3.10 bits per heavy atom. The molecule has 0 bridgehead atoms. The number of thiazole rings is 1. The number of hydrogen-bond acceptors (Lipinski definition) is 4. The van der Waals surface area contributed by atoms with E-state index in [9.17, 15) is 4.79 Å². The molecule has 1 atom stereocenters. The first kappa shape index (κ1) is 13.3. The lowest BCUT2D eigenvalue weighted by atomic mass is 10.1. The van der Waals surface area contributed by atoms with Gasteiger partial charge in [0.15, 0.2) is 0 Å². The van der Waals surface area contributed by atoms with Gasteiger partial charge in [0.1, 0.15) is 6.10 Å². The van der Waals surface area contributed by atoms with E-state index in [1.165, 1.54) is 0 Å². The van der Waals surface area contributed by atoms with Crippen molar-refractivity contribution in [3.63, 3.8) is 0 Å². The first-order valence-electron chi connectivity index (χ1n) is 6.67. The molecule has 2 heterocycles. The molecule has 1 amide bonds. The van der Waals surface area contributed by atoms with Gasteiger partial charge in [0.2, 0.25) is 0 Å². The van der Waals surface area contributed by atoms with Crippen molar-refractivity contribution in [2.75, 3.05) is 11.9 Å². The number of anilines is 1. The van der Waals surface area contributed by atoms with E-state index in [0.717, 1.165) is 34.8 Å². The zero-order chi connectivity index (χ0) is 13.9. The summed E-state index contributed by atoms with van der Waals surface area (Å²) in [7, 11) is 0. The van der Waals surface area contributed by atoms with Crippen molar-refractivity contribution in [3.05, 3.63) is 34.7 Å². The number of aryl methyl sites for hydroxylation is 1. The number of nitrogens with zero attached hydrogens (tertiary/aromatic N) is 1. The van der Waals surface area contributed by atoms with Crippen molar-refractivity contribution in [2.45, 2.75) is 25.9 Å². The minimum Gasteiger partial charge on any atom is -0.368 e. The van der Waals surface area contributed by atoms with Crippen LogP contribution in [-0.4, -0.2) is 23.6 Å². The third-order valence-electron chi connectivity index (χ3n) is 3.27. The van der Waals surface area contributed by atoms with E-state index < -0.39 is 0 Å². The summed E-state index contributed by atoms with van der Waals surface area (Å²) in [5.74, 6) is -0.0610. The summed E-state index contributed by atoms with van der Waals surface area (Å²) in [6.07, 6.45) is 1.45. The van der Waals surface area contributed by atoms with Crippen molar-refractivity contribution in [3.8, 4) is 11.3 Å². The Hall–Kier alpha value is -1.72. The van der Waals surface area contributed by atoms with Gasteiger partial charge in [-0.25, -0.2) is 4.98 Å². The molecule has 0 saturated carbocycles. The summed E-state index contributed by atoms with van der Waals surface area (Å²) in [5, 5.41) is 5.97. The Balaban J connectivity index is 1.75. The first-order chi connectivity index (χ1) is 9.72. The zero-order valence-corrected chi connectivity index (χ0v) is 12.1. The molecule has 3 rings (SSSR count). The summed E-state index contributed by atoms with van der Waals surface area (Å²) in [6.45, 7) is 2.66. The summed E-state index contributed by atoms with van der Waals surface area (Å²) in [4.78, 5) is 16.5. The molecule has 2 aromatic rings. The summed E-state index contributed by atoms with van der Waals surface area (Å²) >= 11 is 1.62. The second kappa shape index (κ2) is 5.73. The molecule has 104 valence electrons. The SMILES string of the molecule is Cc1nc(-c2cccc(NC(=O)C3CCCO3)c2)cs1. The maximum atomic E-state index is 12.0. The molecule has 1 fully saturated rings. The van der Waals surface area contributed by atoms with Gasteiger partial charge in [0, 0.05) is 23.2 Å². The number of benzene rings is 1. The van der Waals surface area contributed by atoms with E-state index in [1.54, 1.807) is 11.3 Å². The second-order valence-electron chi connectivity index (χ2n) is 4.82. The normalized spacial score (nSPS) is 18.1. The van der Waals surface area contributed by atoms with E-state index in [2.05, 4.69) is 10.3 Å². The Kier molecular flexibility index (Phi) is 3.80. The fourth-order valence-corrected chi connectivity index (χ4v) is 2.88. The van der Waals surface area contributed by atoms with Crippen LogP contribution in [0.1, 0.15) is 17.8 Å². The molecule has 4 nitrogen and oxygen atoms in total. The maximum Gasteiger partial charge on any atom is 0.253 e. The average Bonchev–Trinajstić information content (AvgIpc) is 3.10. The molecule has 1 aromatic heterocycles. The van der Waals surface area contributed by atoms with Crippen LogP contribution in [0.15, 0.2) is 29.6 Å². The lowest BCUT2D eigenvalue weighted by molar-refractivity contribution is -0.124. The fourth-order valence-electron chi connectivity index (χ4n) is 2.26. The predicted molar refractivity (Wildman–Crippen MR) is 79.9 cm³/mol. The van der Waals surface area contributed by atoms with Crippen molar-refractivity contribution in [2.24, 2.45) is 0 Å². The third kappa shape index (κ3) is 2.89. The van der Waals surface area contributed by atoms with Crippen molar-refractivity contribution in [1.29, 1.82) is 0 Å². The van der Waals surface area contributed by atoms with Gasteiger partial charge in [-0.2, -0.15) is 0 Å². The maximum absolute atomic E-state index is 12.0. The van der Waals surface area contributed by atoms with E-state index in [4.69, 9.17) is 4.74 Å². The van der Waals surface area contributed by atoms with Gasteiger partial charge in [0.25, 0.3) is 5.91 Å². The van der Waals surface area contributed by atoms with Gasteiger partial charge < -0.3 is 10.1 Å². The number of hydrogen-bond donors (Lipinski definition) is 1. The summed E-state index contributed by atoms with van der Waals surface area (Å²) in [5.41, 5.74) is 2.74. The van der Waals surface area contributed by atoms with Crippen molar-refractivity contribution in [1.82, 2.24) is 4.98 Å². The number of carbonyl (C=O) groups is 1. The van der Waals surface area contributed by atoms with Crippen LogP contribution in [-0.2, 0) is 9.53 Å². The minimum atomic E-state index is -0.305. The zero-order valence-electron chi connectivity index (χ0n) is 11.3. The van der Waals surface area contributed by atoms with Crippen molar-refractivity contribution >= 4 is 22.9 Å². The number of rotatable bonds is 3. The molecule has 0 spiro atoms. The molecule has 0 aliphatic carbocycles. The standard InChI is InChI=1S/C15H16N2O2S/c1-10-16-13(9-20-10)11-4-2-5-12(8-11)17-15(18)14-6-3-7-19-14/h2,4-5,8-9,14H,3,6-7H2,1H3,(H,17,18). The van der Waals surface area contributed by atoms with Crippen LogP contribution in [0, 0.1) is 6.92 Å². The van der Waals surface area contributed by atoms with Crippen LogP contribution in [0.2, 0.25) is 0 Å².